The average molecular weight is 486 g/mol. The van der Waals surface area contributed by atoms with Crippen molar-refractivity contribution in [1.82, 2.24) is 20.1 Å². The number of pyridine rings is 1. The Bertz CT molecular complexity index is 1320. The smallest absolute Gasteiger partial charge is 0.334 e. The van der Waals surface area contributed by atoms with Gasteiger partial charge in [-0.15, -0.1) is 0 Å². The van der Waals surface area contributed by atoms with E-state index in [1.165, 1.54) is 6.07 Å². The maximum atomic E-state index is 13.0. The molecule has 4 aromatic rings. The molecule has 6 nitrogen and oxygen atoms in total. The van der Waals surface area contributed by atoms with Gasteiger partial charge >= 0.3 is 12.2 Å². The van der Waals surface area contributed by atoms with Crippen LogP contribution in [0.15, 0.2) is 73.2 Å². The highest BCUT2D eigenvalue weighted by molar-refractivity contribution is 6.31. The lowest BCUT2D eigenvalue weighted by molar-refractivity contribution is -0.137. The van der Waals surface area contributed by atoms with Crippen molar-refractivity contribution in [1.29, 1.82) is 0 Å². The highest BCUT2D eigenvalue weighted by Gasteiger charge is 2.33. The molecule has 0 unspecified atom stereocenters. The molecule has 2 aromatic heterocycles. The van der Waals surface area contributed by atoms with Gasteiger partial charge in [-0.1, -0.05) is 29.8 Å². The van der Waals surface area contributed by atoms with Gasteiger partial charge in [0, 0.05) is 49.0 Å². The molecule has 0 aliphatic heterocycles. The van der Waals surface area contributed by atoms with E-state index in [9.17, 15) is 18.0 Å². The predicted octanol–water partition coefficient (Wildman–Crippen LogP) is 6.14. The Morgan fingerprint density at radius 3 is 2.56 bits per heavy atom. The molecule has 0 aliphatic carbocycles. The Morgan fingerprint density at radius 2 is 1.82 bits per heavy atom. The summed E-state index contributed by atoms with van der Waals surface area (Å²) < 4.78 is 40.8. The minimum absolute atomic E-state index is 0.0153. The molecule has 2 amide bonds. The molecule has 0 bridgehead atoms. The molecular weight excluding hydrogens is 467 g/mol. The van der Waals surface area contributed by atoms with Crippen LogP contribution < -0.4 is 10.6 Å². The van der Waals surface area contributed by atoms with Crippen LogP contribution in [-0.2, 0) is 19.8 Å². The standard InChI is InChI=1S/C24H19ClF3N5O/c1-33-14-19(16-7-9-29-10-8-16)22(32-33)17-4-2-3-15(11-17)13-30-23(34)31-18-5-6-21(25)20(12-18)24(26,27)28/h2-12,14H,13H2,1H3,(H2,30,31,34). The van der Waals surface area contributed by atoms with Gasteiger partial charge in [0.15, 0.2) is 0 Å². The van der Waals surface area contributed by atoms with Crippen LogP contribution in [0.5, 0.6) is 0 Å². The van der Waals surface area contributed by atoms with Gasteiger partial charge in [0.1, 0.15) is 5.69 Å². The number of nitrogens with zero attached hydrogens (tertiary/aromatic N) is 3. The first-order valence-electron chi connectivity index (χ1n) is 10.2. The number of halogens is 4. The summed E-state index contributed by atoms with van der Waals surface area (Å²) in [5, 5.41) is 9.20. The highest BCUT2D eigenvalue weighted by atomic mass is 35.5. The van der Waals surface area contributed by atoms with E-state index in [0.717, 1.165) is 40.1 Å². The van der Waals surface area contributed by atoms with Crippen molar-refractivity contribution in [3.8, 4) is 22.4 Å². The zero-order valence-electron chi connectivity index (χ0n) is 17.9. The molecule has 10 heteroatoms. The second-order valence-corrected chi connectivity index (χ2v) is 7.91. The number of benzene rings is 2. The van der Waals surface area contributed by atoms with Crippen LogP contribution in [0.25, 0.3) is 22.4 Å². The highest BCUT2D eigenvalue weighted by Crippen LogP contribution is 2.36. The molecule has 2 heterocycles. The molecule has 0 saturated carbocycles. The Kier molecular flexibility index (Phi) is 6.56. The molecule has 0 spiro atoms. The molecule has 2 N–H and O–H groups in total. The van der Waals surface area contributed by atoms with Gasteiger partial charge < -0.3 is 10.6 Å². The number of hydrogen-bond acceptors (Lipinski definition) is 3. The maximum absolute atomic E-state index is 13.0. The van der Waals surface area contributed by atoms with Gasteiger partial charge in [0.2, 0.25) is 0 Å². The van der Waals surface area contributed by atoms with E-state index in [0.29, 0.717) is 0 Å². The normalized spacial score (nSPS) is 11.3. The monoisotopic (exact) mass is 485 g/mol. The minimum atomic E-state index is -4.62. The largest absolute Gasteiger partial charge is 0.417 e. The fourth-order valence-electron chi connectivity index (χ4n) is 3.45. The summed E-state index contributed by atoms with van der Waals surface area (Å²) in [7, 11) is 1.84. The number of anilines is 1. The molecule has 2 aromatic carbocycles. The Balaban J connectivity index is 1.47. The summed E-state index contributed by atoms with van der Waals surface area (Å²) >= 11 is 5.62. The second kappa shape index (κ2) is 9.56. The minimum Gasteiger partial charge on any atom is -0.334 e. The van der Waals surface area contributed by atoms with Crippen molar-refractivity contribution in [2.45, 2.75) is 12.7 Å². The predicted molar refractivity (Wildman–Crippen MR) is 124 cm³/mol. The van der Waals surface area contributed by atoms with Crippen LogP contribution in [0.4, 0.5) is 23.7 Å². The average Bonchev–Trinajstić information content (AvgIpc) is 3.21. The maximum Gasteiger partial charge on any atom is 0.417 e. The quantitative estimate of drug-likeness (QED) is 0.356. The number of nitrogens with one attached hydrogen (secondary N) is 2. The van der Waals surface area contributed by atoms with Crippen molar-refractivity contribution in [2.75, 3.05) is 5.32 Å². The molecular formula is C24H19ClF3N5O. The van der Waals surface area contributed by atoms with E-state index in [1.807, 2.05) is 49.6 Å². The number of urea groups is 1. The molecule has 174 valence electrons. The molecule has 0 atom stereocenters. The van der Waals surface area contributed by atoms with E-state index in [1.54, 1.807) is 17.1 Å². The van der Waals surface area contributed by atoms with Gasteiger partial charge in [-0.3, -0.25) is 9.67 Å². The lowest BCUT2D eigenvalue weighted by Crippen LogP contribution is -2.28. The topological polar surface area (TPSA) is 71.8 Å². The third-order valence-electron chi connectivity index (χ3n) is 5.00. The number of rotatable bonds is 5. The first-order chi connectivity index (χ1) is 16.2. The number of aryl methyl sites for hydroxylation is 1. The summed E-state index contributed by atoms with van der Waals surface area (Å²) in [5.41, 5.74) is 3.32. The van der Waals surface area contributed by atoms with Crippen molar-refractivity contribution >= 4 is 23.3 Å². The fraction of sp³-hybridized carbons (Fsp3) is 0.125. The van der Waals surface area contributed by atoms with Crippen LogP contribution in [-0.4, -0.2) is 20.8 Å². The van der Waals surface area contributed by atoms with E-state index in [2.05, 4.69) is 20.7 Å². The van der Waals surface area contributed by atoms with E-state index < -0.39 is 22.8 Å². The third kappa shape index (κ3) is 5.37. The number of hydrogen-bond donors (Lipinski definition) is 2. The van der Waals surface area contributed by atoms with Crippen LogP contribution >= 0.6 is 11.6 Å². The van der Waals surface area contributed by atoms with E-state index >= 15 is 0 Å². The van der Waals surface area contributed by atoms with Crippen LogP contribution in [0.2, 0.25) is 5.02 Å². The summed E-state index contributed by atoms with van der Waals surface area (Å²) in [4.78, 5) is 16.3. The van der Waals surface area contributed by atoms with Gasteiger partial charge in [-0.25, -0.2) is 4.79 Å². The van der Waals surface area contributed by atoms with Gasteiger partial charge in [-0.05, 0) is 47.5 Å². The van der Waals surface area contributed by atoms with Gasteiger partial charge in [0.05, 0.1) is 10.6 Å². The van der Waals surface area contributed by atoms with Crippen LogP contribution in [0.1, 0.15) is 11.1 Å². The van der Waals surface area contributed by atoms with Gasteiger partial charge in [-0.2, -0.15) is 18.3 Å². The molecule has 0 aliphatic rings. The first kappa shape index (κ1) is 23.3. The van der Waals surface area contributed by atoms with Crippen molar-refractivity contribution in [3.05, 3.63) is 89.3 Å². The molecule has 34 heavy (non-hydrogen) atoms. The summed E-state index contributed by atoms with van der Waals surface area (Å²) in [6, 6.07) is 13.9. The zero-order valence-corrected chi connectivity index (χ0v) is 18.7. The zero-order chi connectivity index (χ0) is 24.3. The van der Waals surface area contributed by atoms with Crippen molar-refractivity contribution in [3.63, 3.8) is 0 Å². The number of aromatic nitrogens is 3. The molecule has 0 fully saturated rings. The molecule has 0 radical (unpaired) electrons. The Labute approximate surface area is 198 Å². The molecule has 4 rings (SSSR count). The van der Waals surface area contributed by atoms with Crippen molar-refractivity contribution < 1.29 is 18.0 Å². The summed E-state index contributed by atoms with van der Waals surface area (Å²) in [6.07, 6.45) is 0.726. The summed E-state index contributed by atoms with van der Waals surface area (Å²) in [6.45, 7) is 0.164. The lowest BCUT2D eigenvalue weighted by atomic mass is 10.0. The van der Waals surface area contributed by atoms with Crippen LogP contribution in [0.3, 0.4) is 0 Å². The SMILES string of the molecule is Cn1cc(-c2ccncc2)c(-c2cccc(CNC(=O)Nc3ccc(Cl)c(C(F)(F)F)c3)c2)n1. The third-order valence-corrected chi connectivity index (χ3v) is 5.33. The molecule has 0 saturated heterocycles. The fourth-order valence-corrected chi connectivity index (χ4v) is 3.68. The Hall–Kier alpha value is -3.85. The van der Waals surface area contributed by atoms with E-state index in [4.69, 9.17) is 11.6 Å². The number of carbonyl (C=O) groups excluding carboxylic acids is 1. The number of amides is 2. The van der Waals surface area contributed by atoms with Crippen LogP contribution in [0, 0.1) is 0 Å². The number of carbonyl (C=O) groups is 1. The first-order valence-corrected chi connectivity index (χ1v) is 10.5. The van der Waals surface area contributed by atoms with Gasteiger partial charge in [0.25, 0.3) is 0 Å². The lowest BCUT2D eigenvalue weighted by Gasteiger charge is -2.12. The van der Waals surface area contributed by atoms with Crippen molar-refractivity contribution in [2.24, 2.45) is 7.05 Å². The summed E-state index contributed by atoms with van der Waals surface area (Å²) in [5.74, 6) is 0. The Morgan fingerprint density at radius 1 is 1.06 bits per heavy atom. The second-order valence-electron chi connectivity index (χ2n) is 7.50. The number of alkyl halides is 3. The van der Waals surface area contributed by atoms with E-state index in [-0.39, 0.29) is 12.2 Å².